The van der Waals surface area contributed by atoms with E-state index in [2.05, 4.69) is 10.0 Å². The van der Waals surface area contributed by atoms with E-state index in [1.165, 1.54) is 12.1 Å². The molecule has 0 aliphatic heterocycles. The molecule has 1 atom stereocenters. The molecule has 0 aromatic heterocycles. The van der Waals surface area contributed by atoms with Gasteiger partial charge in [-0.3, -0.25) is 4.79 Å². The summed E-state index contributed by atoms with van der Waals surface area (Å²) < 4.78 is 28.2. The number of sulfonamides is 1. The van der Waals surface area contributed by atoms with Crippen LogP contribution in [-0.2, 0) is 16.6 Å². The fourth-order valence-electron chi connectivity index (χ4n) is 3.65. The van der Waals surface area contributed by atoms with Crippen LogP contribution in [0, 0.1) is 12.8 Å². The van der Waals surface area contributed by atoms with Gasteiger partial charge in [0, 0.05) is 12.1 Å². The molecule has 1 saturated carbocycles. The maximum absolute atomic E-state index is 13.1. The third kappa shape index (κ3) is 5.21. The van der Waals surface area contributed by atoms with Gasteiger partial charge < -0.3 is 5.32 Å². The summed E-state index contributed by atoms with van der Waals surface area (Å²) in [5.74, 6) is 0.171. The summed E-state index contributed by atoms with van der Waals surface area (Å²) in [5.41, 5.74) is 3.06. The predicted molar refractivity (Wildman–Crippen MR) is 121 cm³/mol. The van der Waals surface area contributed by atoms with Crippen LogP contribution >= 0.6 is 0 Å². The van der Waals surface area contributed by atoms with Gasteiger partial charge in [-0.15, -0.1) is 0 Å². The quantitative estimate of drug-likeness (QED) is 0.553. The molecular formula is C25H26N2O3S. The number of amides is 1. The van der Waals surface area contributed by atoms with Crippen LogP contribution in [0.1, 0.15) is 45.9 Å². The minimum absolute atomic E-state index is 0.0652. The Morgan fingerprint density at radius 2 is 1.61 bits per heavy atom. The van der Waals surface area contributed by atoms with Gasteiger partial charge in [-0.25, -0.2) is 13.1 Å². The van der Waals surface area contributed by atoms with E-state index in [-0.39, 0.29) is 23.4 Å². The SMILES string of the molecule is Cc1ccc(S(=O)(=O)NCc2ccccc2)cc1C(=O)NC(c1ccccc1)C1CC1. The molecule has 0 bridgehead atoms. The monoisotopic (exact) mass is 434 g/mol. The van der Waals surface area contributed by atoms with E-state index in [4.69, 9.17) is 0 Å². The van der Waals surface area contributed by atoms with Crippen molar-refractivity contribution in [2.45, 2.75) is 37.2 Å². The molecule has 1 aliphatic rings. The molecule has 1 aliphatic carbocycles. The van der Waals surface area contributed by atoms with Crippen LogP contribution in [0.3, 0.4) is 0 Å². The van der Waals surface area contributed by atoms with Crippen LogP contribution in [-0.4, -0.2) is 14.3 Å². The standard InChI is InChI=1S/C25H26N2O3S/c1-18-12-15-22(31(29,30)26-17-19-8-4-2-5-9-19)16-23(18)25(28)27-24(21-13-14-21)20-10-6-3-7-11-20/h2-12,15-16,21,24,26H,13-14,17H2,1H3,(H,27,28). The van der Waals surface area contributed by atoms with E-state index >= 15 is 0 Å². The van der Waals surface area contributed by atoms with E-state index < -0.39 is 10.0 Å². The first-order chi connectivity index (χ1) is 14.9. The van der Waals surface area contributed by atoms with Gasteiger partial charge in [0.2, 0.25) is 10.0 Å². The number of carbonyl (C=O) groups is 1. The van der Waals surface area contributed by atoms with Crippen molar-refractivity contribution in [2.24, 2.45) is 5.92 Å². The van der Waals surface area contributed by atoms with Crippen molar-refractivity contribution in [1.82, 2.24) is 10.0 Å². The smallest absolute Gasteiger partial charge is 0.252 e. The lowest BCUT2D eigenvalue weighted by atomic mass is 10.0. The number of aryl methyl sites for hydroxylation is 1. The molecule has 1 unspecified atom stereocenters. The number of carbonyl (C=O) groups excluding carboxylic acids is 1. The second-order valence-electron chi connectivity index (χ2n) is 7.99. The molecule has 5 nitrogen and oxygen atoms in total. The number of benzene rings is 3. The highest BCUT2D eigenvalue weighted by atomic mass is 32.2. The average Bonchev–Trinajstić information content (AvgIpc) is 3.63. The summed E-state index contributed by atoms with van der Waals surface area (Å²) in [7, 11) is -3.75. The Balaban J connectivity index is 1.53. The Bertz CT molecular complexity index is 1160. The van der Waals surface area contributed by atoms with Crippen molar-refractivity contribution in [1.29, 1.82) is 0 Å². The maximum Gasteiger partial charge on any atom is 0.252 e. The molecule has 2 N–H and O–H groups in total. The van der Waals surface area contributed by atoms with Gasteiger partial charge >= 0.3 is 0 Å². The van der Waals surface area contributed by atoms with Crippen molar-refractivity contribution in [2.75, 3.05) is 0 Å². The molecule has 4 rings (SSSR count). The molecule has 0 radical (unpaired) electrons. The zero-order valence-electron chi connectivity index (χ0n) is 17.4. The Morgan fingerprint density at radius 3 is 2.26 bits per heavy atom. The molecule has 1 fully saturated rings. The van der Waals surface area contributed by atoms with Crippen molar-refractivity contribution < 1.29 is 13.2 Å². The van der Waals surface area contributed by atoms with Crippen LogP contribution in [0.5, 0.6) is 0 Å². The lowest BCUT2D eigenvalue weighted by molar-refractivity contribution is 0.0931. The van der Waals surface area contributed by atoms with Crippen LogP contribution in [0.25, 0.3) is 0 Å². The van der Waals surface area contributed by atoms with Gasteiger partial charge in [-0.05, 0) is 54.5 Å². The predicted octanol–water partition coefficient (Wildman–Crippen LogP) is 4.35. The number of nitrogens with one attached hydrogen (secondary N) is 2. The molecule has 0 saturated heterocycles. The molecule has 6 heteroatoms. The topological polar surface area (TPSA) is 75.3 Å². The first-order valence-electron chi connectivity index (χ1n) is 10.4. The summed E-state index contributed by atoms with van der Waals surface area (Å²) in [5, 5.41) is 3.13. The van der Waals surface area contributed by atoms with E-state index in [1.54, 1.807) is 6.07 Å². The molecule has 3 aromatic rings. The molecule has 31 heavy (non-hydrogen) atoms. The number of hydrogen-bond acceptors (Lipinski definition) is 3. The number of rotatable bonds is 8. The first-order valence-corrected chi connectivity index (χ1v) is 11.9. The Hall–Kier alpha value is -2.96. The molecule has 1 amide bonds. The van der Waals surface area contributed by atoms with Gasteiger partial charge in [-0.1, -0.05) is 66.7 Å². The second kappa shape index (κ2) is 9.04. The van der Waals surface area contributed by atoms with Gasteiger partial charge in [0.05, 0.1) is 10.9 Å². The zero-order chi connectivity index (χ0) is 21.8. The summed E-state index contributed by atoms with van der Waals surface area (Å²) in [6.07, 6.45) is 2.16. The Kier molecular flexibility index (Phi) is 6.20. The molecular weight excluding hydrogens is 408 g/mol. The minimum atomic E-state index is -3.75. The Morgan fingerprint density at radius 1 is 0.968 bits per heavy atom. The van der Waals surface area contributed by atoms with Crippen LogP contribution in [0.2, 0.25) is 0 Å². The van der Waals surface area contributed by atoms with E-state index in [0.29, 0.717) is 11.5 Å². The van der Waals surface area contributed by atoms with Gasteiger partial charge in [0.1, 0.15) is 0 Å². The lowest BCUT2D eigenvalue weighted by Crippen LogP contribution is -2.31. The maximum atomic E-state index is 13.1. The summed E-state index contributed by atoms with van der Waals surface area (Å²) in [6, 6.07) is 23.9. The summed E-state index contributed by atoms with van der Waals surface area (Å²) in [6.45, 7) is 2.01. The first kappa shape index (κ1) is 21.3. The van der Waals surface area contributed by atoms with Gasteiger partial charge in [0.25, 0.3) is 5.91 Å². The fraction of sp³-hybridized carbons (Fsp3) is 0.240. The number of hydrogen-bond donors (Lipinski definition) is 2. The van der Waals surface area contributed by atoms with Gasteiger partial charge in [0.15, 0.2) is 0 Å². The van der Waals surface area contributed by atoms with Crippen molar-refractivity contribution in [3.63, 3.8) is 0 Å². The summed E-state index contributed by atoms with van der Waals surface area (Å²) >= 11 is 0. The van der Waals surface area contributed by atoms with Crippen molar-refractivity contribution >= 4 is 15.9 Å². The highest BCUT2D eigenvalue weighted by Crippen LogP contribution is 2.41. The third-order valence-corrected chi connectivity index (χ3v) is 7.01. The molecule has 0 spiro atoms. The van der Waals surface area contributed by atoms with Crippen molar-refractivity contribution in [3.8, 4) is 0 Å². The highest BCUT2D eigenvalue weighted by Gasteiger charge is 2.33. The van der Waals surface area contributed by atoms with E-state index in [0.717, 1.165) is 29.5 Å². The molecule has 3 aromatic carbocycles. The Labute approximate surface area is 183 Å². The van der Waals surface area contributed by atoms with Crippen molar-refractivity contribution in [3.05, 3.63) is 101 Å². The fourth-order valence-corrected chi connectivity index (χ4v) is 4.70. The second-order valence-corrected chi connectivity index (χ2v) is 9.75. The molecule has 0 heterocycles. The summed E-state index contributed by atoms with van der Waals surface area (Å²) in [4.78, 5) is 13.2. The largest absolute Gasteiger partial charge is 0.345 e. The van der Waals surface area contributed by atoms with E-state index in [9.17, 15) is 13.2 Å². The van der Waals surface area contributed by atoms with E-state index in [1.807, 2.05) is 67.6 Å². The third-order valence-electron chi connectivity index (χ3n) is 5.61. The van der Waals surface area contributed by atoms with Gasteiger partial charge in [-0.2, -0.15) is 0 Å². The molecule has 160 valence electrons. The zero-order valence-corrected chi connectivity index (χ0v) is 18.2. The highest BCUT2D eigenvalue weighted by molar-refractivity contribution is 7.89. The minimum Gasteiger partial charge on any atom is -0.345 e. The van der Waals surface area contributed by atoms with Crippen LogP contribution in [0.15, 0.2) is 83.8 Å². The lowest BCUT2D eigenvalue weighted by Gasteiger charge is -2.20. The normalized spacial score (nSPS) is 14.7. The van der Waals surface area contributed by atoms with Crippen LogP contribution in [0.4, 0.5) is 0 Å². The average molecular weight is 435 g/mol. The van der Waals surface area contributed by atoms with Crippen LogP contribution < -0.4 is 10.0 Å².